The molecule has 1 aliphatic rings. The standard InChI is InChI=1S/C23H22N6O2/c1-13-3-4-15(23(31)27-17-6-7-17)10-20(13)29-22(24)18(12-26-29)21(30)14-5-8-19-16(9-14)11-25-28(19)2/h3-5,8-12,17H,6-7,24H2,1-2H3,(H,27,31). The number of hydrogen-bond donors (Lipinski definition) is 2. The number of hydrogen-bond acceptors (Lipinski definition) is 5. The lowest BCUT2D eigenvalue weighted by molar-refractivity contribution is 0.0950. The van der Waals surface area contributed by atoms with E-state index >= 15 is 0 Å². The summed E-state index contributed by atoms with van der Waals surface area (Å²) < 4.78 is 3.27. The fraction of sp³-hybridized carbons (Fsp3) is 0.217. The van der Waals surface area contributed by atoms with Gasteiger partial charge in [-0.25, -0.2) is 4.68 Å². The first-order chi connectivity index (χ1) is 14.9. The summed E-state index contributed by atoms with van der Waals surface area (Å²) in [6.07, 6.45) is 5.24. The highest BCUT2D eigenvalue weighted by atomic mass is 16.1. The number of fused-ring (bicyclic) bond motifs is 1. The average molecular weight is 414 g/mol. The van der Waals surface area contributed by atoms with Gasteiger partial charge in [0, 0.05) is 29.6 Å². The van der Waals surface area contributed by atoms with Crippen molar-refractivity contribution in [2.75, 3.05) is 5.73 Å². The van der Waals surface area contributed by atoms with Crippen molar-refractivity contribution >= 4 is 28.4 Å². The van der Waals surface area contributed by atoms with E-state index in [0.29, 0.717) is 22.4 Å². The van der Waals surface area contributed by atoms with Gasteiger partial charge in [0.2, 0.25) is 0 Å². The Morgan fingerprint density at radius 1 is 1.06 bits per heavy atom. The van der Waals surface area contributed by atoms with Gasteiger partial charge in [-0.2, -0.15) is 10.2 Å². The summed E-state index contributed by atoms with van der Waals surface area (Å²) in [6.45, 7) is 1.91. The maximum atomic E-state index is 13.1. The van der Waals surface area contributed by atoms with Crippen molar-refractivity contribution in [3.05, 3.63) is 71.0 Å². The predicted molar refractivity (Wildman–Crippen MR) is 117 cm³/mol. The van der Waals surface area contributed by atoms with Crippen molar-refractivity contribution < 1.29 is 9.59 Å². The number of ketones is 1. The lowest BCUT2D eigenvalue weighted by Crippen LogP contribution is -2.25. The lowest BCUT2D eigenvalue weighted by Gasteiger charge is -2.11. The van der Waals surface area contributed by atoms with E-state index in [4.69, 9.17) is 5.73 Å². The van der Waals surface area contributed by atoms with Crippen molar-refractivity contribution in [2.24, 2.45) is 7.05 Å². The number of nitrogens with zero attached hydrogens (tertiary/aromatic N) is 4. The minimum Gasteiger partial charge on any atom is -0.383 e. The van der Waals surface area contributed by atoms with Gasteiger partial charge < -0.3 is 11.1 Å². The Morgan fingerprint density at radius 2 is 1.84 bits per heavy atom. The highest BCUT2D eigenvalue weighted by Gasteiger charge is 2.24. The number of aromatic nitrogens is 4. The zero-order chi connectivity index (χ0) is 21.7. The molecule has 3 N–H and O–H groups in total. The molecule has 1 amide bonds. The van der Waals surface area contributed by atoms with Gasteiger partial charge in [0.1, 0.15) is 5.82 Å². The molecule has 2 aromatic heterocycles. The second kappa shape index (κ2) is 7.09. The van der Waals surface area contributed by atoms with Crippen LogP contribution >= 0.6 is 0 Å². The third kappa shape index (κ3) is 3.35. The van der Waals surface area contributed by atoms with E-state index in [1.54, 1.807) is 35.1 Å². The van der Waals surface area contributed by atoms with E-state index in [9.17, 15) is 9.59 Å². The number of nitrogens with two attached hydrogens (primary N) is 1. The molecule has 0 spiro atoms. The molecular weight excluding hydrogens is 392 g/mol. The molecule has 0 bridgehead atoms. The second-order valence-corrected chi connectivity index (χ2v) is 7.98. The van der Waals surface area contributed by atoms with Crippen LogP contribution in [-0.2, 0) is 7.05 Å². The maximum absolute atomic E-state index is 13.1. The molecular formula is C23H22N6O2. The summed E-state index contributed by atoms with van der Waals surface area (Å²) in [7, 11) is 1.85. The first-order valence-electron chi connectivity index (χ1n) is 10.1. The first kappa shape index (κ1) is 19.0. The van der Waals surface area contributed by atoms with Crippen LogP contribution in [0.25, 0.3) is 16.6 Å². The second-order valence-electron chi connectivity index (χ2n) is 7.98. The molecule has 0 atom stereocenters. The molecule has 1 fully saturated rings. The highest BCUT2D eigenvalue weighted by Crippen LogP contribution is 2.25. The van der Waals surface area contributed by atoms with E-state index in [1.165, 1.54) is 10.9 Å². The van der Waals surface area contributed by atoms with E-state index in [-0.39, 0.29) is 23.6 Å². The summed E-state index contributed by atoms with van der Waals surface area (Å²) in [5.41, 5.74) is 10.2. The highest BCUT2D eigenvalue weighted by molar-refractivity contribution is 6.13. The van der Waals surface area contributed by atoms with Crippen molar-refractivity contribution in [3.63, 3.8) is 0 Å². The third-order valence-corrected chi connectivity index (χ3v) is 5.67. The number of benzene rings is 2. The zero-order valence-corrected chi connectivity index (χ0v) is 17.3. The van der Waals surface area contributed by atoms with Gasteiger partial charge in [0.25, 0.3) is 5.91 Å². The monoisotopic (exact) mass is 414 g/mol. The van der Waals surface area contributed by atoms with Crippen molar-refractivity contribution in [3.8, 4) is 5.69 Å². The molecule has 2 aromatic carbocycles. The fourth-order valence-corrected chi connectivity index (χ4v) is 3.66. The molecule has 31 heavy (non-hydrogen) atoms. The number of nitrogens with one attached hydrogen (secondary N) is 1. The molecule has 156 valence electrons. The molecule has 8 heteroatoms. The molecule has 8 nitrogen and oxygen atoms in total. The van der Waals surface area contributed by atoms with Crippen molar-refractivity contribution in [1.82, 2.24) is 24.9 Å². The SMILES string of the molecule is Cc1ccc(C(=O)NC2CC2)cc1-n1ncc(C(=O)c2ccc3c(cnn3C)c2)c1N. The van der Waals surface area contributed by atoms with Gasteiger partial charge in [-0.1, -0.05) is 6.07 Å². The van der Waals surface area contributed by atoms with Crippen LogP contribution in [0.3, 0.4) is 0 Å². The number of carbonyl (C=O) groups excluding carboxylic acids is 2. The summed E-state index contributed by atoms with van der Waals surface area (Å²) in [5, 5.41) is 12.4. The number of nitrogen functional groups attached to an aromatic ring is 1. The molecule has 0 aliphatic heterocycles. The Labute approximate surface area is 178 Å². The largest absolute Gasteiger partial charge is 0.383 e. The molecule has 2 heterocycles. The molecule has 5 rings (SSSR count). The minimum atomic E-state index is -0.213. The van der Waals surface area contributed by atoms with Gasteiger partial charge in [0.15, 0.2) is 5.78 Å². The van der Waals surface area contributed by atoms with Crippen LogP contribution in [0.15, 0.2) is 48.8 Å². The summed E-state index contributed by atoms with van der Waals surface area (Å²) in [6, 6.07) is 11.1. The van der Waals surface area contributed by atoms with Crippen molar-refractivity contribution in [1.29, 1.82) is 0 Å². The first-order valence-corrected chi connectivity index (χ1v) is 10.1. The van der Waals surface area contributed by atoms with Crippen LogP contribution < -0.4 is 11.1 Å². The van der Waals surface area contributed by atoms with E-state index in [2.05, 4.69) is 15.5 Å². The van der Waals surface area contributed by atoms with Crippen LogP contribution in [-0.4, -0.2) is 37.3 Å². The fourth-order valence-electron chi connectivity index (χ4n) is 3.66. The Bertz CT molecular complexity index is 1350. The number of amides is 1. The Kier molecular flexibility index (Phi) is 4.35. The zero-order valence-electron chi connectivity index (χ0n) is 17.3. The molecule has 1 saturated carbocycles. The van der Waals surface area contributed by atoms with Crippen LogP contribution in [0.2, 0.25) is 0 Å². The van der Waals surface area contributed by atoms with E-state index in [0.717, 1.165) is 29.3 Å². The number of anilines is 1. The van der Waals surface area contributed by atoms with Crippen molar-refractivity contribution in [2.45, 2.75) is 25.8 Å². The van der Waals surface area contributed by atoms with Gasteiger partial charge in [0.05, 0.1) is 29.2 Å². The van der Waals surface area contributed by atoms with Gasteiger partial charge in [-0.3, -0.25) is 14.3 Å². The average Bonchev–Trinajstić information content (AvgIpc) is 3.39. The number of rotatable bonds is 5. The Morgan fingerprint density at radius 3 is 2.61 bits per heavy atom. The number of carbonyl (C=O) groups is 2. The molecule has 0 unspecified atom stereocenters. The van der Waals surface area contributed by atoms with Crippen LogP contribution in [0.1, 0.15) is 44.7 Å². The molecule has 0 saturated heterocycles. The van der Waals surface area contributed by atoms with Crippen LogP contribution in [0, 0.1) is 6.92 Å². The molecule has 0 radical (unpaired) electrons. The third-order valence-electron chi connectivity index (χ3n) is 5.67. The topological polar surface area (TPSA) is 108 Å². The van der Waals surface area contributed by atoms with Gasteiger partial charge in [-0.15, -0.1) is 0 Å². The van der Waals surface area contributed by atoms with Gasteiger partial charge >= 0.3 is 0 Å². The maximum Gasteiger partial charge on any atom is 0.251 e. The minimum absolute atomic E-state index is 0.115. The summed E-state index contributed by atoms with van der Waals surface area (Å²) >= 11 is 0. The summed E-state index contributed by atoms with van der Waals surface area (Å²) in [4.78, 5) is 25.6. The van der Waals surface area contributed by atoms with E-state index < -0.39 is 0 Å². The smallest absolute Gasteiger partial charge is 0.251 e. The summed E-state index contributed by atoms with van der Waals surface area (Å²) in [5.74, 6) is -0.0931. The Hall–Kier alpha value is -3.94. The van der Waals surface area contributed by atoms with E-state index in [1.807, 2.05) is 26.1 Å². The molecule has 1 aliphatic carbocycles. The van der Waals surface area contributed by atoms with Crippen LogP contribution in [0.4, 0.5) is 5.82 Å². The lowest BCUT2D eigenvalue weighted by atomic mass is 10.0. The van der Waals surface area contributed by atoms with Crippen LogP contribution in [0.5, 0.6) is 0 Å². The predicted octanol–water partition coefficient (Wildman–Crippen LogP) is 2.77. The molecule has 4 aromatic rings. The normalized spacial score (nSPS) is 13.5. The quantitative estimate of drug-likeness (QED) is 0.488. The Balaban J connectivity index is 1.49. The number of aryl methyl sites for hydroxylation is 2. The van der Waals surface area contributed by atoms with Gasteiger partial charge in [-0.05, 0) is 55.7 Å².